The first-order valence-corrected chi connectivity index (χ1v) is 12.3. The Hall–Kier alpha value is -4.10. The first-order valence-electron chi connectivity index (χ1n) is 12.3. The summed E-state index contributed by atoms with van der Waals surface area (Å²) in [6.45, 7) is 6.92. The van der Waals surface area contributed by atoms with Gasteiger partial charge in [-0.15, -0.1) is 0 Å². The molecule has 170 valence electrons. The van der Waals surface area contributed by atoms with Crippen molar-refractivity contribution in [2.75, 3.05) is 0 Å². The molecule has 0 radical (unpaired) electrons. The molecule has 0 aliphatic heterocycles. The van der Waals surface area contributed by atoms with Crippen LogP contribution in [0.25, 0.3) is 49.7 Å². The summed E-state index contributed by atoms with van der Waals surface area (Å²) >= 11 is 0. The van der Waals surface area contributed by atoms with E-state index >= 15 is 0 Å². The number of rotatable bonds is 3. The molecule has 6 aromatic rings. The normalized spacial score (nSPS) is 11.9. The first kappa shape index (κ1) is 21.4. The second-order valence-corrected chi connectivity index (χ2v) is 10.3. The van der Waals surface area contributed by atoms with Crippen molar-refractivity contribution in [3.8, 4) is 27.9 Å². The van der Waals surface area contributed by atoms with Crippen LogP contribution < -0.4 is 0 Å². The van der Waals surface area contributed by atoms with Crippen molar-refractivity contribution in [1.82, 2.24) is 4.57 Å². The minimum absolute atomic E-state index is 0.0188. The Morgan fingerprint density at radius 3 is 1.63 bits per heavy atom. The molecule has 0 atom stereocenters. The van der Waals surface area contributed by atoms with Crippen molar-refractivity contribution in [2.45, 2.75) is 26.2 Å². The van der Waals surface area contributed by atoms with Gasteiger partial charge in [0.2, 0.25) is 0 Å². The molecular formula is C34H29N. The molecule has 0 saturated heterocycles. The fourth-order valence-electron chi connectivity index (χ4n) is 5.23. The number of fused-ring (bicyclic) bond motifs is 3. The van der Waals surface area contributed by atoms with Gasteiger partial charge in [0, 0.05) is 16.5 Å². The van der Waals surface area contributed by atoms with Crippen molar-refractivity contribution in [1.29, 1.82) is 0 Å². The molecule has 1 aromatic heterocycles. The average Bonchev–Trinajstić information content (AvgIpc) is 3.23. The van der Waals surface area contributed by atoms with Crippen molar-refractivity contribution >= 4 is 21.8 Å². The van der Waals surface area contributed by atoms with Gasteiger partial charge in [0.05, 0.1) is 11.0 Å². The molecule has 0 N–H and O–H groups in total. The largest absolute Gasteiger partial charge is 0.309 e. The molecule has 0 spiro atoms. The zero-order chi connectivity index (χ0) is 24.0. The van der Waals surface area contributed by atoms with Gasteiger partial charge in [-0.3, -0.25) is 0 Å². The van der Waals surface area contributed by atoms with Crippen molar-refractivity contribution in [2.24, 2.45) is 0 Å². The zero-order valence-corrected chi connectivity index (χ0v) is 20.5. The van der Waals surface area contributed by atoms with E-state index in [4.69, 9.17) is 0 Å². The maximum Gasteiger partial charge on any atom is 0.0578 e. The first-order chi connectivity index (χ1) is 17.0. The Morgan fingerprint density at radius 2 is 1.03 bits per heavy atom. The van der Waals surface area contributed by atoms with E-state index in [1.54, 1.807) is 0 Å². The summed E-state index contributed by atoms with van der Waals surface area (Å²) in [5.41, 5.74) is 10.00. The second-order valence-electron chi connectivity index (χ2n) is 10.3. The number of para-hydroxylation sites is 2. The number of benzene rings is 5. The number of hydrogen-bond acceptors (Lipinski definition) is 0. The van der Waals surface area contributed by atoms with Crippen molar-refractivity contribution in [3.05, 3.63) is 127 Å². The van der Waals surface area contributed by atoms with Crippen LogP contribution in [0.3, 0.4) is 0 Å². The van der Waals surface area contributed by atoms with Gasteiger partial charge in [0.1, 0.15) is 0 Å². The fourth-order valence-corrected chi connectivity index (χ4v) is 5.23. The van der Waals surface area contributed by atoms with E-state index in [1.807, 2.05) is 0 Å². The molecule has 5 aromatic carbocycles. The third-order valence-electron chi connectivity index (χ3n) is 6.89. The molecule has 0 amide bonds. The maximum atomic E-state index is 2.48. The highest BCUT2D eigenvalue weighted by atomic mass is 15.0. The summed E-state index contributed by atoms with van der Waals surface area (Å²) < 4.78 is 2.48. The van der Waals surface area contributed by atoms with Crippen LogP contribution in [0.1, 0.15) is 26.3 Å². The number of aromatic nitrogens is 1. The van der Waals surface area contributed by atoms with Crippen molar-refractivity contribution in [3.63, 3.8) is 0 Å². The van der Waals surface area contributed by atoms with Gasteiger partial charge >= 0.3 is 0 Å². The lowest BCUT2D eigenvalue weighted by Gasteiger charge is -2.22. The standard InChI is InChI=1S/C34H29N/c1-34(2,3)31-19-12-18-30-29-17-10-11-20-32(29)35(33(30)31)28-22-26(24-13-6-4-7-14-24)21-27(23-28)25-15-8-5-9-16-25/h4-23H,1-3H3. The van der Waals surface area contributed by atoms with Crippen LogP contribution in [-0.4, -0.2) is 4.57 Å². The van der Waals surface area contributed by atoms with Gasteiger partial charge in [-0.1, -0.05) is 118 Å². The summed E-state index contributed by atoms with van der Waals surface area (Å²) in [5.74, 6) is 0. The van der Waals surface area contributed by atoms with Gasteiger partial charge in [0.15, 0.2) is 0 Å². The van der Waals surface area contributed by atoms with Gasteiger partial charge in [-0.25, -0.2) is 0 Å². The highest BCUT2D eigenvalue weighted by Gasteiger charge is 2.22. The van der Waals surface area contributed by atoms with Crippen LogP contribution in [-0.2, 0) is 5.41 Å². The molecule has 35 heavy (non-hydrogen) atoms. The van der Waals surface area contributed by atoms with Gasteiger partial charge in [-0.05, 0) is 57.5 Å². The number of hydrogen-bond donors (Lipinski definition) is 0. The second kappa shape index (κ2) is 8.29. The summed E-state index contributed by atoms with van der Waals surface area (Å²) in [6.07, 6.45) is 0. The minimum atomic E-state index is 0.0188. The van der Waals surface area contributed by atoms with Crippen LogP contribution in [0.15, 0.2) is 121 Å². The van der Waals surface area contributed by atoms with E-state index in [0.29, 0.717) is 0 Å². The maximum absolute atomic E-state index is 2.48. The quantitative estimate of drug-likeness (QED) is 0.252. The summed E-state index contributed by atoms with van der Waals surface area (Å²) in [7, 11) is 0. The average molecular weight is 452 g/mol. The van der Waals surface area contributed by atoms with E-state index in [9.17, 15) is 0 Å². The fraction of sp³-hybridized carbons (Fsp3) is 0.118. The Balaban J connectivity index is 1.74. The van der Waals surface area contributed by atoms with E-state index in [2.05, 4.69) is 147 Å². The van der Waals surface area contributed by atoms with Crippen LogP contribution >= 0.6 is 0 Å². The summed E-state index contributed by atoms with van der Waals surface area (Å²) in [5, 5.41) is 2.60. The third kappa shape index (κ3) is 3.74. The minimum Gasteiger partial charge on any atom is -0.309 e. The molecule has 6 rings (SSSR count). The highest BCUT2D eigenvalue weighted by Crippen LogP contribution is 2.40. The Kier molecular flexibility index (Phi) is 5.07. The Morgan fingerprint density at radius 1 is 0.486 bits per heavy atom. The molecule has 0 saturated carbocycles. The van der Waals surface area contributed by atoms with Crippen LogP contribution in [0.4, 0.5) is 0 Å². The lowest BCUT2D eigenvalue weighted by molar-refractivity contribution is 0.594. The van der Waals surface area contributed by atoms with Crippen LogP contribution in [0, 0.1) is 0 Å². The van der Waals surface area contributed by atoms with Crippen LogP contribution in [0.5, 0.6) is 0 Å². The molecule has 0 aliphatic rings. The van der Waals surface area contributed by atoms with E-state index in [-0.39, 0.29) is 5.41 Å². The molecule has 1 heteroatoms. The molecule has 0 aliphatic carbocycles. The third-order valence-corrected chi connectivity index (χ3v) is 6.89. The SMILES string of the molecule is CC(C)(C)c1cccc2c3ccccc3n(-c3cc(-c4ccccc4)cc(-c4ccccc4)c3)c12. The lowest BCUT2D eigenvalue weighted by atomic mass is 9.85. The molecule has 1 nitrogen and oxygen atoms in total. The van der Waals surface area contributed by atoms with Gasteiger partial charge in [-0.2, -0.15) is 0 Å². The summed E-state index contributed by atoms with van der Waals surface area (Å²) in [4.78, 5) is 0. The molecule has 0 unspecified atom stereocenters. The van der Waals surface area contributed by atoms with E-state index in [0.717, 1.165) is 0 Å². The zero-order valence-electron chi connectivity index (χ0n) is 20.5. The van der Waals surface area contributed by atoms with Crippen molar-refractivity contribution < 1.29 is 0 Å². The topological polar surface area (TPSA) is 4.93 Å². The monoisotopic (exact) mass is 451 g/mol. The molecular weight excluding hydrogens is 422 g/mol. The van der Waals surface area contributed by atoms with Gasteiger partial charge < -0.3 is 4.57 Å². The van der Waals surface area contributed by atoms with E-state index in [1.165, 1.54) is 55.3 Å². The molecule has 0 bridgehead atoms. The predicted octanol–water partition coefficient (Wildman–Crippen LogP) is 9.42. The Labute approximate surface area is 207 Å². The Bertz CT molecular complexity index is 1590. The number of nitrogens with zero attached hydrogens (tertiary/aromatic N) is 1. The smallest absolute Gasteiger partial charge is 0.0578 e. The predicted molar refractivity (Wildman–Crippen MR) is 150 cm³/mol. The lowest BCUT2D eigenvalue weighted by Crippen LogP contribution is -2.13. The van der Waals surface area contributed by atoms with E-state index < -0.39 is 0 Å². The molecule has 1 heterocycles. The summed E-state index contributed by atoms with van der Waals surface area (Å²) in [6, 6.07) is 43.9. The highest BCUT2D eigenvalue weighted by molar-refractivity contribution is 6.10. The molecule has 0 fully saturated rings. The van der Waals surface area contributed by atoms with Crippen LogP contribution in [0.2, 0.25) is 0 Å². The van der Waals surface area contributed by atoms with Gasteiger partial charge in [0.25, 0.3) is 0 Å².